The van der Waals surface area contributed by atoms with Crippen LogP contribution in [0.25, 0.3) is 11.4 Å². The molecular formula is C20H15BrN4O4. The molecule has 4 rings (SSSR count). The van der Waals surface area contributed by atoms with Crippen molar-refractivity contribution in [1.82, 2.24) is 15.0 Å². The fourth-order valence-electron chi connectivity index (χ4n) is 3.09. The topological polar surface area (TPSA) is 105 Å². The molecule has 0 aliphatic carbocycles. The van der Waals surface area contributed by atoms with Crippen LogP contribution < -0.4 is 5.32 Å². The van der Waals surface area contributed by atoms with Crippen LogP contribution in [0.2, 0.25) is 0 Å². The highest BCUT2D eigenvalue weighted by atomic mass is 79.9. The van der Waals surface area contributed by atoms with E-state index in [1.54, 1.807) is 49.4 Å². The molecule has 0 spiro atoms. The molecule has 0 bridgehead atoms. The van der Waals surface area contributed by atoms with Gasteiger partial charge < -0.3 is 9.84 Å². The second kappa shape index (κ2) is 7.59. The number of fused-ring (bicyclic) bond motifs is 1. The largest absolute Gasteiger partial charge is 0.339 e. The van der Waals surface area contributed by atoms with E-state index in [1.807, 2.05) is 0 Å². The molecule has 0 unspecified atom stereocenters. The van der Waals surface area contributed by atoms with Crippen molar-refractivity contribution in [3.63, 3.8) is 0 Å². The quantitative estimate of drug-likeness (QED) is 0.591. The van der Waals surface area contributed by atoms with Crippen molar-refractivity contribution in [2.45, 2.75) is 13.3 Å². The van der Waals surface area contributed by atoms with Gasteiger partial charge in [-0.15, -0.1) is 0 Å². The number of aromatic nitrogens is 2. The Kier molecular flexibility index (Phi) is 4.98. The van der Waals surface area contributed by atoms with Crippen molar-refractivity contribution in [2.75, 3.05) is 11.9 Å². The number of carbonyl (C=O) groups excluding carboxylic acids is 3. The second-order valence-electron chi connectivity index (χ2n) is 6.43. The molecule has 0 radical (unpaired) electrons. The first kappa shape index (κ1) is 19.0. The van der Waals surface area contributed by atoms with E-state index >= 15 is 0 Å². The van der Waals surface area contributed by atoms with Gasteiger partial charge >= 0.3 is 0 Å². The van der Waals surface area contributed by atoms with Gasteiger partial charge in [0.15, 0.2) is 0 Å². The van der Waals surface area contributed by atoms with Gasteiger partial charge in [0, 0.05) is 29.9 Å². The molecule has 9 heteroatoms. The molecule has 1 aliphatic heterocycles. The molecule has 29 heavy (non-hydrogen) atoms. The predicted octanol–water partition coefficient (Wildman–Crippen LogP) is 3.43. The Morgan fingerprint density at radius 3 is 2.62 bits per heavy atom. The van der Waals surface area contributed by atoms with Crippen molar-refractivity contribution in [2.24, 2.45) is 0 Å². The van der Waals surface area contributed by atoms with Crippen LogP contribution in [0.15, 0.2) is 51.5 Å². The smallest absolute Gasteiger partial charge is 0.261 e. The van der Waals surface area contributed by atoms with Gasteiger partial charge in [0.05, 0.1) is 16.8 Å². The molecule has 0 fully saturated rings. The first-order valence-corrected chi connectivity index (χ1v) is 9.58. The lowest BCUT2D eigenvalue weighted by Gasteiger charge is -2.14. The third-order valence-corrected chi connectivity index (χ3v) is 4.96. The molecule has 2 heterocycles. The van der Waals surface area contributed by atoms with E-state index in [1.165, 1.54) is 0 Å². The third-order valence-electron chi connectivity index (χ3n) is 4.46. The fraction of sp³-hybridized carbons (Fsp3) is 0.150. The summed E-state index contributed by atoms with van der Waals surface area (Å²) in [6.45, 7) is 1.66. The van der Waals surface area contributed by atoms with Gasteiger partial charge in [-0.05, 0) is 30.3 Å². The normalized spacial score (nSPS) is 13.0. The fourth-order valence-corrected chi connectivity index (χ4v) is 3.45. The van der Waals surface area contributed by atoms with Gasteiger partial charge in [-0.1, -0.05) is 33.2 Å². The van der Waals surface area contributed by atoms with E-state index in [4.69, 9.17) is 4.52 Å². The van der Waals surface area contributed by atoms with Crippen molar-refractivity contribution in [3.8, 4) is 11.4 Å². The summed E-state index contributed by atoms with van der Waals surface area (Å²) in [6.07, 6.45) is -0.0355. The molecule has 146 valence electrons. The number of hydrogen-bond donors (Lipinski definition) is 1. The number of aryl methyl sites for hydroxylation is 1. The molecule has 3 aromatic rings. The van der Waals surface area contributed by atoms with Gasteiger partial charge in [-0.3, -0.25) is 19.3 Å². The van der Waals surface area contributed by atoms with E-state index in [0.717, 1.165) is 4.90 Å². The molecule has 0 atom stereocenters. The lowest BCUT2D eigenvalue weighted by Crippen LogP contribution is -2.32. The maximum atomic E-state index is 12.5. The van der Waals surface area contributed by atoms with Crippen LogP contribution in [-0.2, 0) is 4.79 Å². The van der Waals surface area contributed by atoms with Crippen molar-refractivity contribution < 1.29 is 18.9 Å². The second-order valence-corrected chi connectivity index (χ2v) is 7.35. The Labute approximate surface area is 174 Å². The van der Waals surface area contributed by atoms with Crippen LogP contribution >= 0.6 is 15.9 Å². The monoisotopic (exact) mass is 454 g/mol. The number of halogens is 1. The number of nitrogens with one attached hydrogen (secondary N) is 1. The molecule has 2 aromatic carbocycles. The van der Waals surface area contributed by atoms with Gasteiger partial charge in [0.1, 0.15) is 0 Å². The lowest BCUT2D eigenvalue weighted by atomic mass is 10.1. The van der Waals surface area contributed by atoms with E-state index in [-0.39, 0.29) is 18.9 Å². The summed E-state index contributed by atoms with van der Waals surface area (Å²) < 4.78 is 5.71. The first-order chi connectivity index (χ1) is 13.9. The van der Waals surface area contributed by atoms with Gasteiger partial charge in [-0.25, -0.2) is 0 Å². The van der Waals surface area contributed by atoms with E-state index < -0.39 is 11.8 Å². The number of benzene rings is 2. The number of amides is 3. The molecule has 1 aliphatic rings. The molecule has 0 saturated carbocycles. The first-order valence-electron chi connectivity index (χ1n) is 8.79. The average Bonchev–Trinajstić information content (AvgIpc) is 3.23. The standard InChI is InChI=1S/C20H15BrN4O4/c1-11-22-18(24-29-11)14-4-2-3-5-16(14)23-17(26)8-9-25-19(27)13-7-6-12(21)10-15(13)20(25)28/h2-7,10H,8-9H2,1H3,(H,23,26). The van der Waals surface area contributed by atoms with Gasteiger partial charge in [0.25, 0.3) is 11.8 Å². The minimum Gasteiger partial charge on any atom is -0.339 e. The molecule has 0 saturated heterocycles. The highest BCUT2D eigenvalue weighted by molar-refractivity contribution is 9.10. The number of hydrogen-bond acceptors (Lipinski definition) is 6. The Balaban J connectivity index is 1.44. The third kappa shape index (κ3) is 3.68. The summed E-state index contributed by atoms with van der Waals surface area (Å²) in [5.41, 5.74) is 1.81. The van der Waals surface area contributed by atoms with Crippen LogP contribution in [0.1, 0.15) is 33.0 Å². The van der Waals surface area contributed by atoms with Crippen molar-refractivity contribution in [3.05, 3.63) is 64.0 Å². The van der Waals surface area contributed by atoms with Crippen LogP contribution in [0.5, 0.6) is 0 Å². The van der Waals surface area contributed by atoms with Crippen LogP contribution in [0.4, 0.5) is 5.69 Å². The molecule has 3 amide bonds. The van der Waals surface area contributed by atoms with Gasteiger partial charge in [-0.2, -0.15) is 4.98 Å². The lowest BCUT2D eigenvalue weighted by molar-refractivity contribution is -0.116. The van der Waals surface area contributed by atoms with Gasteiger partial charge in [0.2, 0.25) is 17.6 Å². The summed E-state index contributed by atoms with van der Waals surface area (Å²) >= 11 is 3.30. The van der Waals surface area contributed by atoms with E-state index in [0.29, 0.717) is 38.6 Å². The number of nitrogens with zero attached hydrogens (tertiary/aromatic N) is 3. The van der Waals surface area contributed by atoms with Crippen LogP contribution in [0.3, 0.4) is 0 Å². The summed E-state index contributed by atoms with van der Waals surface area (Å²) in [5.74, 6) is -0.354. The maximum absolute atomic E-state index is 12.5. The SMILES string of the molecule is Cc1nc(-c2ccccc2NC(=O)CCN2C(=O)c3ccc(Br)cc3C2=O)no1. The summed E-state index contributed by atoms with van der Waals surface area (Å²) in [7, 11) is 0. The highest BCUT2D eigenvalue weighted by Crippen LogP contribution is 2.27. The molecule has 1 aromatic heterocycles. The predicted molar refractivity (Wildman–Crippen MR) is 107 cm³/mol. The average molecular weight is 455 g/mol. The summed E-state index contributed by atoms with van der Waals surface area (Å²) in [4.78, 5) is 42.7. The Hall–Kier alpha value is -3.33. The number of carbonyl (C=O) groups is 3. The van der Waals surface area contributed by atoms with Crippen LogP contribution in [0, 0.1) is 6.92 Å². The molecule has 8 nitrogen and oxygen atoms in total. The number of para-hydroxylation sites is 1. The maximum Gasteiger partial charge on any atom is 0.261 e. The number of anilines is 1. The Morgan fingerprint density at radius 2 is 1.86 bits per heavy atom. The van der Waals surface area contributed by atoms with Crippen molar-refractivity contribution >= 4 is 39.3 Å². The number of rotatable bonds is 5. The summed E-state index contributed by atoms with van der Waals surface area (Å²) in [5, 5.41) is 6.66. The van der Waals surface area contributed by atoms with Crippen molar-refractivity contribution in [1.29, 1.82) is 0 Å². The highest BCUT2D eigenvalue weighted by Gasteiger charge is 2.35. The van der Waals surface area contributed by atoms with E-state index in [2.05, 4.69) is 31.4 Å². The molecule has 1 N–H and O–H groups in total. The molecular weight excluding hydrogens is 440 g/mol. The summed E-state index contributed by atoms with van der Waals surface area (Å²) in [6, 6.07) is 12.0. The zero-order valence-corrected chi connectivity index (χ0v) is 16.9. The zero-order valence-electron chi connectivity index (χ0n) is 15.3. The van der Waals surface area contributed by atoms with Crippen LogP contribution in [-0.4, -0.2) is 39.3 Å². The van der Waals surface area contributed by atoms with E-state index in [9.17, 15) is 14.4 Å². The minimum absolute atomic E-state index is 0.0146. The Morgan fingerprint density at radius 1 is 1.10 bits per heavy atom. The Bertz CT molecular complexity index is 1140. The zero-order chi connectivity index (χ0) is 20.5. The number of imide groups is 1. The minimum atomic E-state index is -0.401.